The molecule has 0 saturated carbocycles. The van der Waals surface area contributed by atoms with E-state index >= 15 is 0 Å². The molecule has 5 nitrogen and oxygen atoms in total. The van der Waals surface area contributed by atoms with Gasteiger partial charge in [-0.25, -0.2) is 12.8 Å². The summed E-state index contributed by atoms with van der Waals surface area (Å²) >= 11 is 1.17. The fourth-order valence-corrected chi connectivity index (χ4v) is 4.52. The summed E-state index contributed by atoms with van der Waals surface area (Å²) < 4.78 is 77.8. The number of hydrogen-bond donors (Lipinski definition) is 2. The van der Waals surface area contributed by atoms with Gasteiger partial charge in [-0.15, -0.1) is 11.8 Å². The molecular formula is C17H15F4NO4S2. The second-order valence-corrected chi connectivity index (χ2v) is 8.59. The molecule has 0 bridgehead atoms. The summed E-state index contributed by atoms with van der Waals surface area (Å²) in [6.45, 7) is 0.221. The van der Waals surface area contributed by atoms with Crippen molar-refractivity contribution >= 4 is 33.2 Å². The molecule has 0 fully saturated rings. The molecular weight excluding hydrogens is 422 g/mol. The van der Waals surface area contributed by atoms with Crippen LogP contribution in [0.4, 0.5) is 23.2 Å². The highest BCUT2D eigenvalue weighted by molar-refractivity contribution is 7.99. The molecule has 0 heterocycles. The van der Waals surface area contributed by atoms with Crippen molar-refractivity contribution in [3.8, 4) is 0 Å². The number of sulfone groups is 1. The highest BCUT2D eigenvalue weighted by Crippen LogP contribution is 2.33. The number of amides is 1. The van der Waals surface area contributed by atoms with Crippen LogP contribution in [-0.2, 0) is 14.6 Å². The maximum atomic E-state index is 14.3. The molecule has 2 aromatic carbocycles. The zero-order chi connectivity index (χ0) is 21.3. The molecule has 0 aliphatic heterocycles. The van der Waals surface area contributed by atoms with Crippen LogP contribution in [0.3, 0.4) is 0 Å². The Morgan fingerprint density at radius 2 is 1.75 bits per heavy atom. The van der Waals surface area contributed by atoms with Gasteiger partial charge in [0.1, 0.15) is 5.82 Å². The first-order valence-electron chi connectivity index (χ1n) is 7.60. The molecule has 28 heavy (non-hydrogen) atoms. The number of carbonyl (C=O) groups is 1. The van der Waals surface area contributed by atoms with E-state index in [4.69, 9.17) is 0 Å². The van der Waals surface area contributed by atoms with Crippen molar-refractivity contribution in [1.82, 2.24) is 0 Å². The fourth-order valence-electron chi connectivity index (χ4n) is 2.10. The van der Waals surface area contributed by atoms with Crippen LogP contribution in [0.5, 0.6) is 0 Å². The predicted molar refractivity (Wildman–Crippen MR) is 95.4 cm³/mol. The van der Waals surface area contributed by atoms with Gasteiger partial charge in [0, 0.05) is 4.90 Å². The Morgan fingerprint density at radius 1 is 1.14 bits per heavy atom. The third-order valence-corrected chi connectivity index (χ3v) is 6.59. The lowest BCUT2D eigenvalue weighted by Gasteiger charge is -2.25. The smallest absolute Gasteiger partial charge is 0.373 e. The molecule has 0 radical (unpaired) electrons. The van der Waals surface area contributed by atoms with Crippen LogP contribution in [0.2, 0.25) is 0 Å². The maximum absolute atomic E-state index is 14.3. The van der Waals surface area contributed by atoms with Gasteiger partial charge in [-0.3, -0.25) is 4.79 Å². The standard InChI is InChI=1S/C17H15F4NO4S2/c1-16(24,17(19,20)21)15(23)22-12-8-7-10(9-11(12)18)28(25,26)14-6-4-3-5-13(14)27-2/h3-9,24H,1-2H3,(H,22,23). The van der Waals surface area contributed by atoms with E-state index in [-0.39, 0.29) is 11.8 Å². The summed E-state index contributed by atoms with van der Waals surface area (Å²) in [5, 5.41) is 10.9. The summed E-state index contributed by atoms with van der Waals surface area (Å²) in [6.07, 6.45) is -3.61. The Kier molecular flexibility index (Phi) is 6.12. The van der Waals surface area contributed by atoms with Crippen molar-refractivity contribution < 1.29 is 35.9 Å². The van der Waals surface area contributed by atoms with Crippen molar-refractivity contribution in [3.05, 3.63) is 48.3 Å². The predicted octanol–water partition coefficient (Wildman–Crippen LogP) is 3.63. The zero-order valence-electron chi connectivity index (χ0n) is 14.5. The molecule has 2 rings (SSSR count). The Hall–Kier alpha value is -2.11. The van der Waals surface area contributed by atoms with Gasteiger partial charge in [-0.2, -0.15) is 13.2 Å². The van der Waals surface area contributed by atoms with Gasteiger partial charge in [0.25, 0.3) is 5.91 Å². The zero-order valence-corrected chi connectivity index (χ0v) is 16.2. The van der Waals surface area contributed by atoms with E-state index in [1.165, 1.54) is 23.9 Å². The normalized spacial score (nSPS) is 14.4. The number of benzene rings is 2. The number of nitrogens with one attached hydrogen (secondary N) is 1. The minimum Gasteiger partial charge on any atom is -0.373 e. The average Bonchev–Trinajstić information content (AvgIpc) is 2.62. The van der Waals surface area contributed by atoms with E-state index in [2.05, 4.69) is 0 Å². The van der Waals surface area contributed by atoms with Gasteiger partial charge in [-0.05, 0) is 43.5 Å². The van der Waals surface area contributed by atoms with E-state index in [1.54, 1.807) is 23.7 Å². The molecule has 0 aliphatic carbocycles. The molecule has 0 aliphatic rings. The Bertz CT molecular complexity index is 1000. The SMILES string of the molecule is CSc1ccccc1S(=O)(=O)c1ccc(NC(=O)C(C)(O)C(F)(F)F)c(F)c1. The summed E-state index contributed by atoms with van der Waals surface area (Å²) in [5.74, 6) is -3.17. The number of carbonyl (C=O) groups excluding carboxylic acids is 1. The van der Waals surface area contributed by atoms with Gasteiger partial charge in [-0.1, -0.05) is 12.1 Å². The van der Waals surface area contributed by atoms with Crippen molar-refractivity contribution in [3.63, 3.8) is 0 Å². The van der Waals surface area contributed by atoms with Crippen LogP contribution in [0.15, 0.2) is 57.2 Å². The molecule has 152 valence electrons. The minimum atomic E-state index is -5.28. The van der Waals surface area contributed by atoms with E-state index in [1.807, 2.05) is 0 Å². The summed E-state index contributed by atoms with van der Waals surface area (Å²) in [5.41, 5.74) is -4.45. The van der Waals surface area contributed by atoms with E-state index in [9.17, 15) is 35.9 Å². The first-order chi connectivity index (χ1) is 12.8. The monoisotopic (exact) mass is 437 g/mol. The molecule has 0 saturated heterocycles. The highest BCUT2D eigenvalue weighted by Gasteiger charge is 2.55. The number of alkyl halides is 3. The Labute approximate surface area is 162 Å². The number of anilines is 1. The van der Waals surface area contributed by atoms with Crippen LogP contribution in [-0.4, -0.2) is 37.5 Å². The second-order valence-electron chi connectivity index (χ2n) is 5.82. The summed E-state index contributed by atoms with van der Waals surface area (Å²) in [6, 6.07) is 8.40. The van der Waals surface area contributed by atoms with Crippen LogP contribution < -0.4 is 5.32 Å². The molecule has 0 aromatic heterocycles. The summed E-state index contributed by atoms with van der Waals surface area (Å²) in [4.78, 5) is 11.6. The van der Waals surface area contributed by atoms with Gasteiger partial charge in [0.2, 0.25) is 15.4 Å². The van der Waals surface area contributed by atoms with Crippen molar-refractivity contribution in [1.29, 1.82) is 0 Å². The van der Waals surface area contributed by atoms with Crippen LogP contribution in [0, 0.1) is 5.82 Å². The van der Waals surface area contributed by atoms with E-state index < -0.39 is 43.9 Å². The molecule has 2 aromatic rings. The van der Waals surface area contributed by atoms with Crippen LogP contribution in [0.25, 0.3) is 0 Å². The number of halogens is 4. The lowest BCUT2D eigenvalue weighted by atomic mass is 10.1. The second kappa shape index (κ2) is 7.72. The molecule has 11 heteroatoms. The fraction of sp³-hybridized carbons (Fsp3) is 0.235. The van der Waals surface area contributed by atoms with Crippen molar-refractivity contribution in [2.75, 3.05) is 11.6 Å². The molecule has 1 amide bonds. The van der Waals surface area contributed by atoms with Gasteiger partial charge >= 0.3 is 6.18 Å². The van der Waals surface area contributed by atoms with Gasteiger partial charge < -0.3 is 10.4 Å². The first kappa shape index (κ1) is 22.2. The Balaban J connectivity index is 2.38. The van der Waals surface area contributed by atoms with Crippen LogP contribution >= 0.6 is 11.8 Å². The van der Waals surface area contributed by atoms with Gasteiger partial charge in [0.15, 0.2) is 0 Å². The minimum absolute atomic E-state index is 0.0568. The third-order valence-electron chi connectivity index (χ3n) is 3.85. The topological polar surface area (TPSA) is 83.5 Å². The third kappa shape index (κ3) is 4.15. The van der Waals surface area contributed by atoms with E-state index in [0.717, 1.165) is 12.1 Å². The molecule has 0 spiro atoms. The average molecular weight is 437 g/mol. The van der Waals surface area contributed by atoms with Crippen molar-refractivity contribution in [2.45, 2.75) is 33.4 Å². The van der Waals surface area contributed by atoms with Crippen molar-refractivity contribution in [2.24, 2.45) is 0 Å². The number of rotatable bonds is 5. The lowest BCUT2D eigenvalue weighted by Crippen LogP contribution is -2.52. The van der Waals surface area contributed by atoms with Gasteiger partial charge in [0.05, 0.1) is 15.5 Å². The highest BCUT2D eigenvalue weighted by atomic mass is 32.2. The molecule has 2 N–H and O–H groups in total. The largest absolute Gasteiger partial charge is 0.426 e. The maximum Gasteiger partial charge on any atom is 0.426 e. The number of aliphatic hydroxyl groups is 1. The first-order valence-corrected chi connectivity index (χ1v) is 10.3. The lowest BCUT2D eigenvalue weighted by molar-refractivity contribution is -0.242. The number of hydrogen-bond acceptors (Lipinski definition) is 5. The Morgan fingerprint density at radius 3 is 2.29 bits per heavy atom. The molecule has 1 atom stereocenters. The van der Waals surface area contributed by atoms with Crippen LogP contribution in [0.1, 0.15) is 6.92 Å². The summed E-state index contributed by atoms with van der Waals surface area (Å²) in [7, 11) is -4.10. The quantitative estimate of drug-likeness (QED) is 0.551. The van der Waals surface area contributed by atoms with E-state index in [0.29, 0.717) is 11.0 Å². The number of thioether (sulfide) groups is 1. The molecule has 1 unspecified atom stereocenters.